The molecule has 4 N–H and O–H groups in total. The van der Waals surface area contributed by atoms with Crippen LogP contribution in [0.5, 0.6) is 17.2 Å². The van der Waals surface area contributed by atoms with Crippen molar-refractivity contribution >= 4 is 24.1 Å². The number of hydrogen-bond acceptors (Lipinski definition) is 9. The van der Waals surface area contributed by atoms with Crippen LogP contribution >= 0.6 is 0 Å². The number of aromatic nitrogens is 2. The van der Waals surface area contributed by atoms with Crippen molar-refractivity contribution in [1.29, 1.82) is 5.26 Å². The molecule has 1 aliphatic rings. The molecular formula is C23H27N5O7. The van der Waals surface area contributed by atoms with E-state index in [2.05, 4.69) is 20.8 Å². The van der Waals surface area contributed by atoms with E-state index < -0.39 is 18.6 Å². The van der Waals surface area contributed by atoms with Gasteiger partial charge in [0.1, 0.15) is 23.4 Å². The molecule has 35 heavy (non-hydrogen) atoms. The number of carbonyl (C=O) groups excluding carboxylic acids is 3. The third kappa shape index (κ3) is 7.10. The van der Waals surface area contributed by atoms with Gasteiger partial charge in [0.25, 0.3) is 5.91 Å². The van der Waals surface area contributed by atoms with Crippen molar-refractivity contribution in [3.05, 3.63) is 29.5 Å². The van der Waals surface area contributed by atoms with Gasteiger partial charge >= 0.3 is 6.09 Å². The van der Waals surface area contributed by atoms with E-state index in [1.807, 2.05) is 6.07 Å². The molecule has 3 rings (SSSR count). The molecule has 0 spiro atoms. The smallest absolute Gasteiger partial charge is 0.407 e. The molecule has 1 aromatic carbocycles. The van der Waals surface area contributed by atoms with Gasteiger partial charge in [-0.15, -0.1) is 0 Å². The van der Waals surface area contributed by atoms with Gasteiger partial charge in [0.05, 0.1) is 18.7 Å². The fourth-order valence-electron chi connectivity index (χ4n) is 3.76. The highest BCUT2D eigenvalue weighted by Gasteiger charge is 2.30. The number of ether oxygens (including phenoxy) is 3. The topological polar surface area (TPSA) is 176 Å². The number of aldehydes is 1. The maximum Gasteiger partial charge on any atom is 0.407 e. The third-order valence-corrected chi connectivity index (χ3v) is 5.50. The lowest BCUT2D eigenvalue weighted by atomic mass is 10.0. The lowest BCUT2D eigenvalue weighted by Gasteiger charge is -2.12. The van der Waals surface area contributed by atoms with Crippen LogP contribution < -0.4 is 20.1 Å². The van der Waals surface area contributed by atoms with Crippen molar-refractivity contribution in [2.75, 3.05) is 25.6 Å². The van der Waals surface area contributed by atoms with E-state index >= 15 is 0 Å². The number of unbranched alkanes of at least 4 members (excludes halogenated alkanes) is 1. The maximum atomic E-state index is 12.3. The van der Waals surface area contributed by atoms with Crippen LogP contribution in [0.2, 0.25) is 0 Å². The van der Waals surface area contributed by atoms with E-state index in [-0.39, 0.29) is 34.8 Å². The molecule has 12 nitrogen and oxygen atoms in total. The van der Waals surface area contributed by atoms with E-state index in [0.29, 0.717) is 44.3 Å². The van der Waals surface area contributed by atoms with Gasteiger partial charge in [-0.05, 0) is 25.7 Å². The Morgan fingerprint density at radius 3 is 2.91 bits per heavy atom. The van der Waals surface area contributed by atoms with E-state index in [4.69, 9.17) is 19.5 Å². The van der Waals surface area contributed by atoms with Gasteiger partial charge in [0.2, 0.25) is 0 Å². The Morgan fingerprint density at radius 1 is 1.34 bits per heavy atom. The SMILES string of the molecule is COc1cc(O)c(C=O)c(OCC(=O)Nc2cc([C@H]3CC[C@@H](OC(=O)NCCCC#N)C3)[nH]n2)c1. The maximum absolute atomic E-state index is 12.3. The summed E-state index contributed by atoms with van der Waals surface area (Å²) in [6.07, 6.45) is 2.78. The van der Waals surface area contributed by atoms with Gasteiger partial charge in [-0.25, -0.2) is 4.79 Å². The quantitative estimate of drug-likeness (QED) is 0.275. The van der Waals surface area contributed by atoms with E-state index in [9.17, 15) is 19.5 Å². The predicted octanol–water partition coefficient (Wildman–Crippen LogP) is 2.62. The van der Waals surface area contributed by atoms with Crippen molar-refractivity contribution in [3.63, 3.8) is 0 Å². The second-order valence-electron chi connectivity index (χ2n) is 7.95. The number of benzene rings is 1. The number of amides is 2. The molecule has 2 atom stereocenters. The van der Waals surface area contributed by atoms with Crippen LogP contribution in [-0.4, -0.2) is 60.0 Å². The number of phenols is 1. The van der Waals surface area contributed by atoms with Crippen molar-refractivity contribution in [3.8, 4) is 23.3 Å². The molecular weight excluding hydrogens is 458 g/mol. The summed E-state index contributed by atoms with van der Waals surface area (Å²) in [7, 11) is 1.40. The van der Waals surface area contributed by atoms with Gasteiger partial charge < -0.3 is 30.0 Å². The summed E-state index contributed by atoms with van der Waals surface area (Å²) in [6.45, 7) is -0.0240. The molecule has 0 bridgehead atoms. The normalized spacial score (nSPS) is 16.7. The number of rotatable bonds is 11. The molecule has 1 saturated carbocycles. The molecule has 1 fully saturated rings. The highest BCUT2D eigenvalue weighted by Crippen LogP contribution is 2.36. The number of methoxy groups -OCH3 is 1. The van der Waals surface area contributed by atoms with Crippen molar-refractivity contribution < 1.29 is 33.7 Å². The number of nitrogens with one attached hydrogen (secondary N) is 3. The Morgan fingerprint density at radius 2 is 2.17 bits per heavy atom. The van der Waals surface area contributed by atoms with Gasteiger partial charge in [-0.2, -0.15) is 10.4 Å². The zero-order valence-electron chi connectivity index (χ0n) is 19.2. The molecule has 186 valence electrons. The van der Waals surface area contributed by atoms with E-state index in [1.165, 1.54) is 19.2 Å². The second kappa shape index (κ2) is 12.3. The molecule has 0 unspecified atom stereocenters. The summed E-state index contributed by atoms with van der Waals surface area (Å²) in [6, 6.07) is 6.39. The van der Waals surface area contributed by atoms with Crippen LogP contribution in [-0.2, 0) is 9.53 Å². The lowest BCUT2D eigenvalue weighted by Crippen LogP contribution is -2.28. The van der Waals surface area contributed by atoms with Crippen LogP contribution in [0.3, 0.4) is 0 Å². The number of aromatic hydroxyl groups is 1. The second-order valence-corrected chi connectivity index (χ2v) is 7.95. The molecule has 0 aliphatic heterocycles. The number of alkyl carbamates (subject to hydrolysis) is 1. The Kier molecular flexibility index (Phi) is 8.89. The predicted molar refractivity (Wildman–Crippen MR) is 122 cm³/mol. The highest BCUT2D eigenvalue weighted by molar-refractivity contribution is 5.91. The molecule has 0 radical (unpaired) electrons. The number of hydrogen-bond donors (Lipinski definition) is 4. The minimum Gasteiger partial charge on any atom is -0.507 e. The van der Waals surface area contributed by atoms with Crippen molar-refractivity contribution in [2.24, 2.45) is 0 Å². The van der Waals surface area contributed by atoms with Crippen molar-refractivity contribution in [2.45, 2.75) is 44.1 Å². The average Bonchev–Trinajstić information content (AvgIpc) is 3.49. The van der Waals surface area contributed by atoms with Gasteiger partial charge in [0, 0.05) is 42.8 Å². The lowest BCUT2D eigenvalue weighted by molar-refractivity contribution is -0.118. The first-order valence-corrected chi connectivity index (χ1v) is 11.1. The summed E-state index contributed by atoms with van der Waals surface area (Å²) in [5, 5.41) is 30.6. The number of anilines is 1. The van der Waals surface area contributed by atoms with Gasteiger partial charge in [-0.3, -0.25) is 14.7 Å². The Bertz CT molecular complexity index is 1090. The number of nitriles is 1. The highest BCUT2D eigenvalue weighted by atomic mass is 16.6. The number of nitrogens with zero attached hydrogens (tertiary/aromatic N) is 2. The van der Waals surface area contributed by atoms with Gasteiger partial charge in [0.15, 0.2) is 18.7 Å². The minimum atomic E-state index is -0.511. The molecule has 1 heterocycles. The summed E-state index contributed by atoms with van der Waals surface area (Å²) in [5.74, 6) is -0.144. The van der Waals surface area contributed by atoms with Crippen LogP contribution in [0.15, 0.2) is 18.2 Å². The summed E-state index contributed by atoms with van der Waals surface area (Å²) < 4.78 is 15.9. The molecule has 1 aliphatic carbocycles. The van der Waals surface area contributed by atoms with Crippen LogP contribution in [0.25, 0.3) is 0 Å². The first-order chi connectivity index (χ1) is 16.9. The average molecular weight is 485 g/mol. The summed E-state index contributed by atoms with van der Waals surface area (Å²) in [4.78, 5) is 35.4. The third-order valence-electron chi connectivity index (χ3n) is 5.50. The largest absolute Gasteiger partial charge is 0.507 e. The Labute approximate surface area is 201 Å². The fourth-order valence-corrected chi connectivity index (χ4v) is 3.76. The molecule has 2 aromatic rings. The fraction of sp³-hybridized carbons (Fsp3) is 0.435. The number of carbonyl (C=O) groups is 3. The van der Waals surface area contributed by atoms with Crippen LogP contribution in [0, 0.1) is 11.3 Å². The zero-order chi connectivity index (χ0) is 25.2. The minimum absolute atomic E-state index is 0.0146. The van der Waals surface area contributed by atoms with E-state index in [0.717, 1.165) is 12.1 Å². The number of aromatic amines is 1. The molecule has 0 saturated heterocycles. The number of phenolic OH excluding ortho intramolecular Hbond substituents is 1. The summed E-state index contributed by atoms with van der Waals surface area (Å²) >= 11 is 0. The Balaban J connectivity index is 1.47. The first kappa shape index (κ1) is 25.4. The summed E-state index contributed by atoms with van der Waals surface area (Å²) in [5.41, 5.74) is 0.720. The molecule has 2 amide bonds. The van der Waals surface area contributed by atoms with Crippen LogP contribution in [0.4, 0.5) is 10.6 Å². The molecule has 1 aromatic heterocycles. The van der Waals surface area contributed by atoms with Crippen LogP contribution in [0.1, 0.15) is 54.1 Å². The van der Waals surface area contributed by atoms with Gasteiger partial charge in [-0.1, -0.05) is 0 Å². The first-order valence-electron chi connectivity index (χ1n) is 11.1. The van der Waals surface area contributed by atoms with Crippen molar-refractivity contribution in [1.82, 2.24) is 15.5 Å². The van der Waals surface area contributed by atoms with E-state index in [1.54, 1.807) is 6.07 Å². The monoisotopic (exact) mass is 485 g/mol. The zero-order valence-corrected chi connectivity index (χ0v) is 19.2. The number of H-pyrrole nitrogens is 1. The standard InChI is InChI=1S/C23H27N5O7/c1-33-16-9-19(30)17(12-29)20(10-16)34-13-22(31)26-21-11-18(27-28-21)14-4-5-15(8-14)35-23(32)25-7-3-2-6-24/h9-12,14-15,30H,2-5,7-8,13H2,1H3,(H,25,32)(H2,26,27,28,31)/t14-,15+/m0/s1. The Hall–Kier alpha value is -4.27. The molecule has 12 heteroatoms.